The molecule has 0 aromatic rings. The average Bonchev–Trinajstić information content (AvgIpc) is 2.39. The molecule has 1 N–H and O–H groups in total. The Kier molecular flexibility index (Phi) is 3.04. The molecule has 1 atom stereocenters. The molecule has 1 rings (SSSR count). The number of ketones is 1. The SMILES string of the molecule is CC(=O)C=NNC1CCOC1. The highest BCUT2D eigenvalue weighted by Crippen LogP contribution is 2.02. The lowest BCUT2D eigenvalue weighted by Crippen LogP contribution is -2.24. The van der Waals surface area contributed by atoms with Gasteiger partial charge in [-0.3, -0.25) is 4.79 Å². The lowest BCUT2D eigenvalue weighted by Gasteiger charge is -2.04. The van der Waals surface area contributed by atoms with Gasteiger partial charge in [0.2, 0.25) is 0 Å². The molecule has 4 heteroatoms. The second-order valence-corrected chi connectivity index (χ2v) is 2.56. The van der Waals surface area contributed by atoms with Gasteiger partial charge < -0.3 is 10.2 Å². The number of ether oxygens (including phenoxy) is 1. The maximum atomic E-state index is 10.4. The maximum Gasteiger partial charge on any atom is 0.172 e. The Labute approximate surface area is 65.6 Å². The number of hydrogen-bond donors (Lipinski definition) is 1. The summed E-state index contributed by atoms with van der Waals surface area (Å²) in [4.78, 5) is 10.4. The van der Waals surface area contributed by atoms with E-state index in [1.54, 1.807) is 0 Å². The fourth-order valence-electron chi connectivity index (χ4n) is 0.870. The van der Waals surface area contributed by atoms with Crippen molar-refractivity contribution >= 4 is 12.0 Å². The zero-order valence-electron chi connectivity index (χ0n) is 6.54. The number of hydrazone groups is 1. The third kappa shape index (κ3) is 3.13. The molecule has 1 aliphatic rings. The Morgan fingerprint density at radius 1 is 1.82 bits per heavy atom. The van der Waals surface area contributed by atoms with Gasteiger partial charge in [-0.05, 0) is 6.42 Å². The minimum absolute atomic E-state index is 0.0450. The molecule has 11 heavy (non-hydrogen) atoms. The van der Waals surface area contributed by atoms with E-state index in [-0.39, 0.29) is 11.8 Å². The first-order valence-electron chi connectivity index (χ1n) is 3.66. The van der Waals surface area contributed by atoms with Crippen LogP contribution in [0.2, 0.25) is 0 Å². The molecule has 0 aromatic heterocycles. The van der Waals surface area contributed by atoms with Gasteiger partial charge in [0, 0.05) is 13.5 Å². The Bertz CT molecular complexity index is 162. The quantitative estimate of drug-likeness (QED) is 0.460. The topological polar surface area (TPSA) is 50.7 Å². The summed E-state index contributed by atoms with van der Waals surface area (Å²) in [6.45, 7) is 2.94. The predicted octanol–water partition coefficient (Wildman–Crippen LogP) is -0.0603. The van der Waals surface area contributed by atoms with E-state index < -0.39 is 0 Å². The minimum atomic E-state index is -0.0450. The molecule has 0 aromatic carbocycles. The number of hydrogen-bond acceptors (Lipinski definition) is 4. The molecule has 1 heterocycles. The summed E-state index contributed by atoms with van der Waals surface area (Å²) >= 11 is 0. The zero-order chi connectivity index (χ0) is 8.10. The first-order chi connectivity index (χ1) is 5.29. The molecule has 1 saturated heterocycles. The van der Waals surface area contributed by atoms with Gasteiger partial charge in [0.05, 0.1) is 18.9 Å². The highest BCUT2D eigenvalue weighted by molar-refractivity contribution is 6.26. The van der Waals surface area contributed by atoms with Gasteiger partial charge in [0.1, 0.15) is 0 Å². The van der Waals surface area contributed by atoms with Crippen LogP contribution in [-0.4, -0.2) is 31.3 Å². The Morgan fingerprint density at radius 3 is 3.18 bits per heavy atom. The maximum absolute atomic E-state index is 10.4. The molecule has 4 nitrogen and oxygen atoms in total. The molecule has 0 aliphatic carbocycles. The molecule has 0 radical (unpaired) electrons. The van der Waals surface area contributed by atoms with Crippen molar-refractivity contribution in [3.05, 3.63) is 0 Å². The Hall–Kier alpha value is -0.900. The number of Topliss-reactive ketones (excluding diaryl/α,β-unsaturated/α-hetero) is 1. The van der Waals surface area contributed by atoms with Gasteiger partial charge >= 0.3 is 0 Å². The standard InChI is InChI=1S/C7H12N2O2/c1-6(10)4-8-9-7-2-3-11-5-7/h4,7,9H,2-3,5H2,1H3. The lowest BCUT2D eigenvalue weighted by molar-refractivity contribution is -0.110. The second kappa shape index (κ2) is 4.08. The van der Waals surface area contributed by atoms with Gasteiger partial charge in [-0.1, -0.05) is 0 Å². The van der Waals surface area contributed by atoms with Gasteiger partial charge in [-0.2, -0.15) is 5.10 Å². The van der Waals surface area contributed by atoms with Crippen LogP contribution in [0.15, 0.2) is 5.10 Å². The van der Waals surface area contributed by atoms with Crippen molar-refractivity contribution in [3.63, 3.8) is 0 Å². The molecular formula is C7H12N2O2. The van der Waals surface area contributed by atoms with Crippen molar-refractivity contribution in [1.82, 2.24) is 5.43 Å². The third-order valence-corrected chi connectivity index (χ3v) is 1.43. The number of nitrogens with zero attached hydrogens (tertiary/aromatic N) is 1. The van der Waals surface area contributed by atoms with E-state index in [2.05, 4.69) is 10.5 Å². The molecule has 0 bridgehead atoms. The lowest BCUT2D eigenvalue weighted by atomic mass is 10.3. The number of carbonyl (C=O) groups excluding carboxylic acids is 1. The Balaban J connectivity index is 2.15. The van der Waals surface area contributed by atoms with Crippen LogP contribution in [0.3, 0.4) is 0 Å². The first kappa shape index (κ1) is 8.20. The highest BCUT2D eigenvalue weighted by atomic mass is 16.5. The van der Waals surface area contributed by atoms with Gasteiger partial charge in [-0.15, -0.1) is 0 Å². The van der Waals surface area contributed by atoms with Gasteiger partial charge in [0.15, 0.2) is 5.78 Å². The molecule has 1 unspecified atom stereocenters. The van der Waals surface area contributed by atoms with Crippen molar-refractivity contribution in [1.29, 1.82) is 0 Å². The largest absolute Gasteiger partial charge is 0.379 e. The van der Waals surface area contributed by atoms with Gasteiger partial charge in [-0.25, -0.2) is 0 Å². The highest BCUT2D eigenvalue weighted by Gasteiger charge is 2.13. The van der Waals surface area contributed by atoms with Crippen molar-refractivity contribution < 1.29 is 9.53 Å². The van der Waals surface area contributed by atoms with Crippen molar-refractivity contribution in [2.75, 3.05) is 13.2 Å². The van der Waals surface area contributed by atoms with Gasteiger partial charge in [0.25, 0.3) is 0 Å². The first-order valence-corrected chi connectivity index (χ1v) is 3.66. The van der Waals surface area contributed by atoms with E-state index in [1.165, 1.54) is 13.1 Å². The van der Waals surface area contributed by atoms with E-state index in [9.17, 15) is 4.79 Å². The van der Waals surface area contributed by atoms with Crippen LogP contribution in [0, 0.1) is 0 Å². The summed E-state index contributed by atoms with van der Waals surface area (Å²) < 4.78 is 5.09. The smallest absolute Gasteiger partial charge is 0.172 e. The normalized spacial score (nSPS) is 24.3. The summed E-state index contributed by atoms with van der Waals surface area (Å²) in [6, 6.07) is 0.283. The Morgan fingerprint density at radius 2 is 2.64 bits per heavy atom. The van der Waals surface area contributed by atoms with Crippen LogP contribution in [0.4, 0.5) is 0 Å². The van der Waals surface area contributed by atoms with E-state index in [0.29, 0.717) is 6.61 Å². The van der Waals surface area contributed by atoms with Crippen molar-refractivity contribution in [2.24, 2.45) is 5.10 Å². The van der Waals surface area contributed by atoms with E-state index in [4.69, 9.17) is 4.74 Å². The molecule has 62 valence electrons. The van der Waals surface area contributed by atoms with Crippen LogP contribution in [-0.2, 0) is 9.53 Å². The van der Waals surface area contributed by atoms with Crippen molar-refractivity contribution in [2.45, 2.75) is 19.4 Å². The van der Waals surface area contributed by atoms with E-state index in [1.807, 2.05) is 0 Å². The molecule has 0 saturated carbocycles. The van der Waals surface area contributed by atoms with E-state index in [0.717, 1.165) is 13.0 Å². The van der Waals surface area contributed by atoms with Crippen LogP contribution >= 0.6 is 0 Å². The average molecular weight is 156 g/mol. The van der Waals surface area contributed by atoms with Crippen LogP contribution in [0.1, 0.15) is 13.3 Å². The van der Waals surface area contributed by atoms with Crippen LogP contribution in [0.25, 0.3) is 0 Å². The van der Waals surface area contributed by atoms with Crippen molar-refractivity contribution in [3.8, 4) is 0 Å². The predicted molar refractivity (Wildman–Crippen MR) is 41.5 cm³/mol. The summed E-state index contributed by atoms with van der Waals surface area (Å²) in [5, 5.41) is 3.75. The molecule has 1 aliphatic heterocycles. The molecular weight excluding hydrogens is 144 g/mol. The molecule has 0 amide bonds. The summed E-state index contributed by atoms with van der Waals surface area (Å²) in [7, 11) is 0. The minimum Gasteiger partial charge on any atom is -0.379 e. The van der Waals surface area contributed by atoms with Crippen LogP contribution in [0.5, 0.6) is 0 Å². The number of rotatable bonds is 3. The summed E-state index contributed by atoms with van der Waals surface area (Å²) in [6.07, 6.45) is 2.24. The third-order valence-electron chi connectivity index (χ3n) is 1.43. The van der Waals surface area contributed by atoms with Crippen LogP contribution < -0.4 is 5.43 Å². The number of nitrogens with one attached hydrogen (secondary N) is 1. The molecule has 0 spiro atoms. The summed E-state index contributed by atoms with van der Waals surface area (Å²) in [5.74, 6) is -0.0450. The fourth-order valence-corrected chi connectivity index (χ4v) is 0.870. The molecule has 1 fully saturated rings. The fraction of sp³-hybridized carbons (Fsp3) is 0.714. The monoisotopic (exact) mass is 156 g/mol. The van der Waals surface area contributed by atoms with E-state index >= 15 is 0 Å². The summed E-state index contributed by atoms with van der Waals surface area (Å²) in [5.41, 5.74) is 2.84. The number of carbonyl (C=O) groups is 1. The zero-order valence-corrected chi connectivity index (χ0v) is 6.54. The second-order valence-electron chi connectivity index (χ2n) is 2.56.